The molecule has 1 aromatic heterocycles. The fourth-order valence-corrected chi connectivity index (χ4v) is 2.83. The van der Waals surface area contributed by atoms with Crippen molar-refractivity contribution in [3.05, 3.63) is 0 Å². The predicted octanol–water partition coefficient (Wildman–Crippen LogP) is 2.26. The Morgan fingerprint density at radius 1 is 1.10 bits per heavy atom. The summed E-state index contributed by atoms with van der Waals surface area (Å²) in [4.78, 5) is 14.8. The number of hydrogen-bond acceptors (Lipinski definition) is 6. The molecule has 0 unspecified atom stereocenters. The fraction of sp³-hybridized carbons (Fsp3) is 0.786. The molecule has 0 atom stereocenters. The van der Waals surface area contributed by atoms with E-state index < -0.39 is 0 Å². The maximum atomic E-state index is 5.73. The van der Waals surface area contributed by atoms with Gasteiger partial charge in [0.15, 0.2) is 0 Å². The van der Waals surface area contributed by atoms with Crippen LogP contribution < -0.4 is 15.4 Å². The smallest absolute Gasteiger partial charge is 0.323 e. The lowest BCUT2D eigenvalue weighted by molar-refractivity contribution is 0.198. The fourth-order valence-electron chi connectivity index (χ4n) is 2.83. The van der Waals surface area contributed by atoms with Crippen LogP contribution in [0.5, 0.6) is 6.01 Å². The molecule has 0 aliphatic carbocycles. The Labute approximate surface area is 120 Å². The van der Waals surface area contributed by atoms with Crippen molar-refractivity contribution in [2.45, 2.75) is 46.5 Å². The highest BCUT2D eigenvalue weighted by Gasteiger charge is 2.32. The van der Waals surface area contributed by atoms with Gasteiger partial charge in [-0.15, -0.1) is 0 Å². The van der Waals surface area contributed by atoms with Crippen molar-refractivity contribution in [3.63, 3.8) is 0 Å². The molecule has 1 aliphatic rings. The van der Waals surface area contributed by atoms with Crippen molar-refractivity contribution < 1.29 is 4.74 Å². The average molecular weight is 279 g/mol. The zero-order valence-electron chi connectivity index (χ0n) is 12.7. The van der Waals surface area contributed by atoms with Gasteiger partial charge in [0.2, 0.25) is 11.9 Å². The molecular weight excluding hydrogens is 254 g/mol. The van der Waals surface area contributed by atoms with E-state index in [4.69, 9.17) is 10.5 Å². The van der Waals surface area contributed by atoms with E-state index in [-0.39, 0.29) is 5.95 Å². The van der Waals surface area contributed by atoms with Crippen LogP contribution in [0.15, 0.2) is 0 Å². The Kier molecular flexibility index (Phi) is 4.62. The van der Waals surface area contributed by atoms with E-state index in [1.807, 2.05) is 6.92 Å². The quantitative estimate of drug-likeness (QED) is 0.891. The second-order valence-corrected chi connectivity index (χ2v) is 5.40. The van der Waals surface area contributed by atoms with Gasteiger partial charge in [-0.25, -0.2) is 0 Å². The highest BCUT2D eigenvalue weighted by molar-refractivity contribution is 5.36. The van der Waals surface area contributed by atoms with Crippen LogP contribution in [0.1, 0.15) is 46.5 Å². The van der Waals surface area contributed by atoms with E-state index in [1.165, 1.54) is 25.7 Å². The van der Waals surface area contributed by atoms with Crippen LogP contribution in [-0.2, 0) is 0 Å². The first kappa shape index (κ1) is 14.8. The number of hydrogen-bond donors (Lipinski definition) is 1. The molecule has 0 bridgehead atoms. The molecular formula is C14H25N5O. The molecule has 20 heavy (non-hydrogen) atoms. The molecule has 2 heterocycles. The standard InChI is InChI=1S/C14H25N5O/c1-4-14(5-2)7-9-19(10-8-14)12-16-11(15)17-13(18-12)20-6-3/h4-10H2,1-3H3,(H2,15,16,17,18). The van der Waals surface area contributed by atoms with Crippen molar-refractivity contribution in [1.82, 2.24) is 15.0 Å². The van der Waals surface area contributed by atoms with Gasteiger partial charge in [-0.05, 0) is 25.2 Å². The summed E-state index contributed by atoms with van der Waals surface area (Å²) in [6.07, 6.45) is 4.83. The molecule has 0 aromatic carbocycles. The largest absolute Gasteiger partial charge is 0.464 e. The summed E-state index contributed by atoms with van der Waals surface area (Å²) in [6.45, 7) is 8.93. The second-order valence-electron chi connectivity index (χ2n) is 5.40. The molecule has 0 amide bonds. The minimum atomic E-state index is 0.223. The molecule has 1 aliphatic heterocycles. The molecule has 2 N–H and O–H groups in total. The lowest BCUT2D eigenvalue weighted by atomic mass is 9.74. The van der Waals surface area contributed by atoms with E-state index in [2.05, 4.69) is 33.7 Å². The van der Waals surface area contributed by atoms with Gasteiger partial charge in [-0.2, -0.15) is 15.0 Å². The summed E-state index contributed by atoms with van der Waals surface area (Å²) in [5.74, 6) is 0.864. The van der Waals surface area contributed by atoms with Crippen LogP contribution in [0.2, 0.25) is 0 Å². The van der Waals surface area contributed by atoms with Crippen LogP contribution in [0.4, 0.5) is 11.9 Å². The third-order valence-corrected chi connectivity index (χ3v) is 4.50. The second kappa shape index (κ2) is 6.24. The van der Waals surface area contributed by atoms with Gasteiger partial charge in [0, 0.05) is 13.1 Å². The molecule has 112 valence electrons. The lowest BCUT2D eigenvalue weighted by Gasteiger charge is -2.40. The Morgan fingerprint density at radius 2 is 1.75 bits per heavy atom. The molecule has 0 radical (unpaired) electrons. The third kappa shape index (κ3) is 3.11. The number of nitrogens with zero attached hydrogens (tertiary/aromatic N) is 4. The highest BCUT2D eigenvalue weighted by atomic mass is 16.5. The third-order valence-electron chi connectivity index (χ3n) is 4.50. The highest BCUT2D eigenvalue weighted by Crippen LogP contribution is 2.38. The first-order chi connectivity index (χ1) is 9.62. The summed E-state index contributed by atoms with van der Waals surface area (Å²) in [5.41, 5.74) is 6.22. The van der Waals surface area contributed by atoms with Gasteiger partial charge < -0.3 is 15.4 Å². The average Bonchev–Trinajstić information content (AvgIpc) is 2.47. The summed E-state index contributed by atoms with van der Waals surface area (Å²) < 4.78 is 5.33. The molecule has 1 saturated heterocycles. The zero-order valence-corrected chi connectivity index (χ0v) is 12.7. The Morgan fingerprint density at radius 3 is 2.30 bits per heavy atom. The predicted molar refractivity (Wildman–Crippen MR) is 79.9 cm³/mol. The van der Waals surface area contributed by atoms with Crippen LogP contribution in [0, 0.1) is 5.41 Å². The number of nitrogen functional groups attached to an aromatic ring is 1. The molecule has 6 nitrogen and oxygen atoms in total. The van der Waals surface area contributed by atoms with Gasteiger partial charge in [0.05, 0.1) is 6.61 Å². The maximum absolute atomic E-state index is 5.73. The van der Waals surface area contributed by atoms with Gasteiger partial charge in [-0.1, -0.05) is 26.7 Å². The van der Waals surface area contributed by atoms with Gasteiger partial charge in [-0.3, -0.25) is 0 Å². The maximum Gasteiger partial charge on any atom is 0.323 e. The number of aromatic nitrogens is 3. The Balaban J connectivity index is 2.10. The van der Waals surface area contributed by atoms with Gasteiger partial charge in [0.1, 0.15) is 0 Å². The van der Waals surface area contributed by atoms with Crippen LogP contribution in [0.25, 0.3) is 0 Å². The van der Waals surface area contributed by atoms with E-state index >= 15 is 0 Å². The zero-order chi connectivity index (χ0) is 14.6. The van der Waals surface area contributed by atoms with Crippen molar-refractivity contribution in [3.8, 4) is 6.01 Å². The van der Waals surface area contributed by atoms with E-state index in [1.54, 1.807) is 0 Å². The number of ether oxygens (including phenoxy) is 1. The first-order valence-corrected chi connectivity index (χ1v) is 7.51. The van der Waals surface area contributed by atoms with E-state index in [0.29, 0.717) is 24.0 Å². The molecule has 0 saturated carbocycles. The normalized spacial score (nSPS) is 18.1. The minimum absolute atomic E-state index is 0.223. The topological polar surface area (TPSA) is 77.2 Å². The van der Waals surface area contributed by atoms with Gasteiger partial charge in [0.25, 0.3) is 0 Å². The molecule has 6 heteroatoms. The molecule has 0 spiro atoms. The number of rotatable bonds is 5. The first-order valence-electron chi connectivity index (χ1n) is 7.51. The van der Waals surface area contributed by atoms with Gasteiger partial charge >= 0.3 is 6.01 Å². The van der Waals surface area contributed by atoms with Crippen molar-refractivity contribution >= 4 is 11.9 Å². The monoisotopic (exact) mass is 279 g/mol. The lowest BCUT2D eigenvalue weighted by Crippen LogP contribution is -2.40. The number of anilines is 2. The number of nitrogens with two attached hydrogens (primary N) is 1. The van der Waals surface area contributed by atoms with E-state index in [9.17, 15) is 0 Å². The molecule has 1 aromatic rings. The van der Waals surface area contributed by atoms with Crippen molar-refractivity contribution in [1.29, 1.82) is 0 Å². The van der Waals surface area contributed by atoms with E-state index in [0.717, 1.165) is 13.1 Å². The summed E-state index contributed by atoms with van der Waals surface area (Å²) in [5, 5.41) is 0. The van der Waals surface area contributed by atoms with Crippen LogP contribution in [-0.4, -0.2) is 34.6 Å². The van der Waals surface area contributed by atoms with Crippen LogP contribution >= 0.6 is 0 Å². The summed E-state index contributed by atoms with van der Waals surface area (Å²) in [7, 11) is 0. The number of piperidine rings is 1. The summed E-state index contributed by atoms with van der Waals surface area (Å²) >= 11 is 0. The Hall–Kier alpha value is -1.59. The molecule has 2 rings (SSSR count). The Bertz CT molecular complexity index is 437. The summed E-state index contributed by atoms with van der Waals surface area (Å²) in [6, 6.07) is 0.317. The van der Waals surface area contributed by atoms with Crippen molar-refractivity contribution in [2.75, 3.05) is 30.3 Å². The minimum Gasteiger partial charge on any atom is -0.464 e. The van der Waals surface area contributed by atoms with Crippen molar-refractivity contribution in [2.24, 2.45) is 5.41 Å². The van der Waals surface area contributed by atoms with Crippen LogP contribution in [0.3, 0.4) is 0 Å². The molecule has 1 fully saturated rings. The SMILES string of the molecule is CCOc1nc(N)nc(N2CCC(CC)(CC)CC2)n1.